The van der Waals surface area contributed by atoms with E-state index in [-0.39, 0.29) is 0 Å². The van der Waals surface area contributed by atoms with E-state index in [0.29, 0.717) is 0 Å². The average Bonchev–Trinajstić information content (AvgIpc) is 2.81. The SMILES string of the molecule is CCc1cc(CC)n(-c2ncccc2OC)n1. The highest BCUT2D eigenvalue weighted by atomic mass is 16.5. The summed E-state index contributed by atoms with van der Waals surface area (Å²) in [6, 6.07) is 5.88. The summed E-state index contributed by atoms with van der Waals surface area (Å²) in [5.74, 6) is 1.50. The number of pyridine rings is 1. The van der Waals surface area contributed by atoms with Crippen LogP contribution in [0.4, 0.5) is 0 Å². The molecular formula is C13H17N3O. The zero-order chi connectivity index (χ0) is 12.3. The molecule has 2 rings (SSSR count). The lowest BCUT2D eigenvalue weighted by atomic mass is 10.2. The van der Waals surface area contributed by atoms with Crippen molar-refractivity contribution in [1.29, 1.82) is 0 Å². The monoisotopic (exact) mass is 231 g/mol. The van der Waals surface area contributed by atoms with E-state index in [1.54, 1.807) is 13.3 Å². The number of hydrogen-bond donors (Lipinski definition) is 0. The fourth-order valence-electron chi connectivity index (χ4n) is 1.78. The average molecular weight is 231 g/mol. The summed E-state index contributed by atoms with van der Waals surface area (Å²) in [5, 5.41) is 4.55. The van der Waals surface area contributed by atoms with E-state index in [0.717, 1.165) is 35.8 Å². The van der Waals surface area contributed by atoms with Crippen molar-refractivity contribution in [1.82, 2.24) is 14.8 Å². The first-order chi connectivity index (χ1) is 8.30. The third kappa shape index (κ3) is 2.16. The van der Waals surface area contributed by atoms with Gasteiger partial charge in [0.15, 0.2) is 11.6 Å². The number of hydrogen-bond acceptors (Lipinski definition) is 3. The molecule has 4 nitrogen and oxygen atoms in total. The van der Waals surface area contributed by atoms with Crippen molar-refractivity contribution in [3.63, 3.8) is 0 Å². The van der Waals surface area contributed by atoms with Crippen molar-refractivity contribution < 1.29 is 4.74 Å². The van der Waals surface area contributed by atoms with E-state index in [4.69, 9.17) is 4.74 Å². The summed E-state index contributed by atoms with van der Waals surface area (Å²) in [6.45, 7) is 4.21. The Morgan fingerprint density at radius 2 is 2.12 bits per heavy atom. The molecule has 0 unspecified atom stereocenters. The predicted molar refractivity (Wildman–Crippen MR) is 66.7 cm³/mol. The highest BCUT2D eigenvalue weighted by Crippen LogP contribution is 2.21. The van der Waals surface area contributed by atoms with Crippen LogP contribution in [0.25, 0.3) is 5.82 Å². The van der Waals surface area contributed by atoms with Crippen LogP contribution in [0, 0.1) is 0 Å². The van der Waals surface area contributed by atoms with E-state index in [1.807, 2.05) is 16.8 Å². The number of nitrogens with zero attached hydrogens (tertiary/aromatic N) is 3. The molecule has 0 atom stereocenters. The largest absolute Gasteiger partial charge is 0.493 e. The number of rotatable bonds is 4. The first-order valence-corrected chi connectivity index (χ1v) is 5.87. The fraction of sp³-hybridized carbons (Fsp3) is 0.385. The van der Waals surface area contributed by atoms with Gasteiger partial charge in [0.1, 0.15) is 0 Å². The Morgan fingerprint density at radius 3 is 2.76 bits per heavy atom. The van der Waals surface area contributed by atoms with E-state index < -0.39 is 0 Å². The van der Waals surface area contributed by atoms with Crippen molar-refractivity contribution in [2.45, 2.75) is 26.7 Å². The standard InChI is InChI=1S/C13H17N3O/c1-4-10-9-11(5-2)16(15-10)13-12(17-3)7-6-8-14-13/h6-9H,4-5H2,1-3H3. The van der Waals surface area contributed by atoms with E-state index in [2.05, 4.69) is 30.0 Å². The van der Waals surface area contributed by atoms with Crippen molar-refractivity contribution >= 4 is 0 Å². The summed E-state index contributed by atoms with van der Waals surface area (Å²) < 4.78 is 7.19. The van der Waals surface area contributed by atoms with Crippen LogP contribution in [0.5, 0.6) is 5.75 Å². The Bertz CT molecular complexity index is 505. The van der Waals surface area contributed by atoms with Gasteiger partial charge in [0.25, 0.3) is 0 Å². The van der Waals surface area contributed by atoms with Gasteiger partial charge < -0.3 is 4.74 Å². The van der Waals surface area contributed by atoms with Crippen LogP contribution in [0.2, 0.25) is 0 Å². The molecule has 0 aliphatic carbocycles. The van der Waals surface area contributed by atoms with Gasteiger partial charge in [-0.05, 0) is 31.0 Å². The van der Waals surface area contributed by atoms with Crippen LogP contribution in [-0.4, -0.2) is 21.9 Å². The Kier molecular flexibility index (Phi) is 3.42. The minimum absolute atomic E-state index is 0.743. The lowest BCUT2D eigenvalue weighted by Gasteiger charge is -2.08. The third-order valence-corrected chi connectivity index (χ3v) is 2.73. The zero-order valence-corrected chi connectivity index (χ0v) is 10.5. The normalized spacial score (nSPS) is 10.5. The minimum Gasteiger partial charge on any atom is -0.493 e. The summed E-state index contributed by atoms with van der Waals surface area (Å²) in [6.07, 6.45) is 3.60. The van der Waals surface area contributed by atoms with Gasteiger partial charge in [-0.15, -0.1) is 0 Å². The molecule has 0 aliphatic rings. The highest BCUT2D eigenvalue weighted by molar-refractivity contribution is 5.40. The molecular weight excluding hydrogens is 214 g/mol. The first-order valence-electron chi connectivity index (χ1n) is 5.87. The highest BCUT2D eigenvalue weighted by Gasteiger charge is 2.12. The van der Waals surface area contributed by atoms with Gasteiger partial charge in [-0.3, -0.25) is 0 Å². The number of methoxy groups -OCH3 is 1. The second kappa shape index (κ2) is 4.99. The van der Waals surface area contributed by atoms with Crippen molar-refractivity contribution in [3.8, 4) is 11.6 Å². The van der Waals surface area contributed by atoms with Gasteiger partial charge in [0.2, 0.25) is 0 Å². The molecule has 0 N–H and O–H groups in total. The van der Waals surface area contributed by atoms with Crippen LogP contribution in [-0.2, 0) is 12.8 Å². The Balaban J connectivity index is 2.54. The van der Waals surface area contributed by atoms with Gasteiger partial charge in [-0.2, -0.15) is 5.10 Å². The molecule has 2 aromatic heterocycles. The molecule has 0 fully saturated rings. The van der Waals surface area contributed by atoms with Crippen LogP contribution in [0.3, 0.4) is 0 Å². The molecule has 4 heteroatoms. The quantitative estimate of drug-likeness (QED) is 0.811. The number of aromatic nitrogens is 3. The fourth-order valence-corrected chi connectivity index (χ4v) is 1.78. The summed E-state index contributed by atoms with van der Waals surface area (Å²) >= 11 is 0. The van der Waals surface area contributed by atoms with Crippen molar-refractivity contribution in [2.24, 2.45) is 0 Å². The first kappa shape index (κ1) is 11.6. The van der Waals surface area contributed by atoms with Gasteiger partial charge >= 0.3 is 0 Å². The van der Waals surface area contributed by atoms with E-state index >= 15 is 0 Å². The molecule has 0 radical (unpaired) electrons. The molecule has 17 heavy (non-hydrogen) atoms. The summed E-state index contributed by atoms with van der Waals surface area (Å²) in [4.78, 5) is 4.35. The topological polar surface area (TPSA) is 39.9 Å². The zero-order valence-electron chi connectivity index (χ0n) is 10.5. The van der Waals surface area contributed by atoms with Crippen molar-refractivity contribution in [2.75, 3.05) is 7.11 Å². The maximum atomic E-state index is 5.32. The maximum Gasteiger partial charge on any atom is 0.196 e. The van der Waals surface area contributed by atoms with E-state index in [9.17, 15) is 0 Å². The van der Waals surface area contributed by atoms with Crippen LogP contribution >= 0.6 is 0 Å². The minimum atomic E-state index is 0.743. The molecule has 0 aliphatic heterocycles. The van der Waals surface area contributed by atoms with Crippen LogP contribution < -0.4 is 4.74 Å². The van der Waals surface area contributed by atoms with Gasteiger partial charge in [0, 0.05) is 11.9 Å². The third-order valence-electron chi connectivity index (χ3n) is 2.73. The molecule has 0 bridgehead atoms. The van der Waals surface area contributed by atoms with Crippen LogP contribution in [0.15, 0.2) is 24.4 Å². The predicted octanol–water partition coefficient (Wildman–Crippen LogP) is 2.40. The summed E-state index contributed by atoms with van der Waals surface area (Å²) in [5.41, 5.74) is 2.23. The maximum absolute atomic E-state index is 5.32. The second-order valence-corrected chi connectivity index (χ2v) is 3.78. The molecule has 0 aromatic carbocycles. The Labute approximate surface area is 101 Å². The molecule has 90 valence electrons. The molecule has 0 saturated carbocycles. The number of ether oxygens (including phenoxy) is 1. The number of aryl methyl sites for hydroxylation is 2. The molecule has 0 saturated heterocycles. The van der Waals surface area contributed by atoms with E-state index in [1.165, 1.54) is 0 Å². The summed E-state index contributed by atoms with van der Waals surface area (Å²) in [7, 11) is 1.65. The molecule has 2 aromatic rings. The molecule has 0 spiro atoms. The van der Waals surface area contributed by atoms with Crippen LogP contribution in [0.1, 0.15) is 25.2 Å². The van der Waals surface area contributed by atoms with Gasteiger partial charge in [-0.25, -0.2) is 9.67 Å². The van der Waals surface area contributed by atoms with Crippen molar-refractivity contribution in [3.05, 3.63) is 35.8 Å². The molecule has 0 amide bonds. The second-order valence-electron chi connectivity index (χ2n) is 3.78. The van der Waals surface area contributed by atoms with Gasteiger partial charge in [-0.1, -0.05) is 13.8 Å². The lowest BCUT2D eigenvalue weighted by Crippen LogP contribution is -2.06. The lowest BCUT2D eigenvalue weighted by molar-refractivity contribution is 0.408. The Hall–Kier alpha value is -1.84. The van der Waals surface area contributed by atoms with Gasteiger partial charge in [0.05, 0.1) is 12.8 Å². The smallest absolute Gasteiger partial charge is 0.196 e. The Morgan fingerprint density at radius 1 is 1.29 bits per heavy atom. The molecule has 2 heterocycles.